The Hall–Kier alpha value is -0.120. The van der Waals surface area contributed by atoms with Crippen molar-refractivity contribution in [3.8, 4) is 0 Å². The van der Waals surface area contributed by atoms with Crippen LogP contribution in [-0.2, 0) is 0 Å². The van der Waals surface area contributed by atoms with Crippen molar-refractivity contribution in [2.24, 2.45) is 0 Å². The van der Waals surface area contributed by atoms with Gasteiger partial charge in [-0.25, -0.2) is 0 Å². The molecule has 0 aromatic heterocycles. The van der Waals surface area contributed by atoms with Gasteiger partial charge in [-0.2, -0.15) is 0 Å². The number of hydrogen-bond acceptors (Lipinski definition) is 3. The first-order valence-corrected chi connectivity index (χ1v) is 6.24. The Bertz CT molecular complexity index is 173. The molecule has 0 bridgehead atoms. The monoisotopic (exact) mass is 214 g/mol. The fourth-order valence-electron chi connectivity index (χ4n) is 2.26. The molecule has 2 atom stereocenters. The number of likely N-dealkylation sites (tertiary alicyclic amines) is 1. The molecule has 3 heteroatoms. The van der Waals surface area contributed by atoms with Crippen molar-refractivity contribution in [1.29, 1.82) is 0 Å². The van der Waals surface area contributed by atoms with Crippen molar-refractivity contribution in [3.05, 3.63) is 0 Å². The number of aliphatic hydroxyl groups excluding tert-OH is 1. The Morgan fingerprint density at radius 1 is 1.27 bits per heavy atom. The van der Waals surface area contributed by atoms with Gasteiger partial charge in [-0.15, -0.1) is 0 Å². The van der Waals surface area contributed by atoms with Crippen LogP contribution in [0.25, 0.3) is 0 Å². The SMILES string of the molecule is CC(CO)NC1CCCN(C(C)C)CC1. The minimum absolute atomic E-state index is 0.237. The fourth-order valence-corrected chi connectivity index (χ4v) is 2.26. The van der Waals surface area contributed by atoms with Gasteiger partial charge >= 0.3 is 0 Å². The van der Waals surface area contributed by atoms with Crippen LogP contribution in [-0.4, -0.2) is 47.8 Å². The van der Waals surface area contributed by atoms with Gasteiger partial charge in [-0.05, 0) is 53.1 Å². The van der Waals surface area contributed by atoms with Gasteiger partial charge in [0.05, 0.1) is 6.61 Å². The summed E-state index contributed by atoms with van der Waals surface area (Å²) >= 11 is 0. The van der Waals surface area contributed by atoms with Gasteiger partial charge in [0.15, 0.2) is 0 Å². The molecule has 1 aliphatic rings. The maximum atomic E-state index is 9.00. The predicted octanol–water partition coefficient (Wildman–Crippen LogP) is 1.22. The van der Waals surface area contributed by atoms with Gasteiger partial charge in [-0.1, -0.05) is 0 Å². The third-order valence-electron chi connectivity index (χ3n) is 3.29. The Kier molecular flexibility index (Phi) is 5.58. The molecule has 0 aromatic carbocycles. The van der Waals surface area contributed by atoms with Crippen molar-refractivity contribution in [1.82, 2.24) is 10.2 Å². The van der Waals surface area contributed by atoms with E-state index in [0.29, 0.717) is 12.1 Å². The minimum atomic E-state index is 0.237. The lowest BCUT2D eigenvalue weighted by Gasteiger charge is -2.25. The molecule has 3 nitrogen and oxygen atoms in total. The van der Waals surface area contributed by atoms with Crippen LogP contribution in [0.2, 0.25) is 0 Å². The summed E-state index contributed by atoms with van der Waals surface area (Å²) in [5.74, 6) is 0. The molecule has 15 heavy (non-hydrogen) atoms. The summed E-state index contributed by atoms with van der Waals surface area (Å²) < 4.78 is 0. The molecule has 0 radical (unpaired) electrons. The molecule has 1 rings (SSSR count). The van der Waals surface area contributed by atoms with Crippen molar-refractivity contribution in [3.63, 3.8) is 0 Å². The van der Waals surface area contributed by atoms with E-state index in [4.69, 9.17) is 5.11 Å². The summed E-state index contributed by atoms with van der Waals surface area (Å²) in [6, 6.07) is 1.50. The van der Waals surface area contributed by atoms with E-state index >= 15 is 0 Å². The molecule has 0 amide bonds. The Balaban J connectivity index is 2.32. The zero-order chi connectivity index (χ0) is 11.3. The maximum Gasteiger partial charge on any atom is 0.0582 e. The van der Waals surface area contributed by atoms with Crippen LogP contribution in [0, 0.1) is 0 Å². The Labute approximate surface area is 93.9 Å². The fraction of sp³-hybridized carbons (Fsp3) is 1.00. The molecule has 1 saturated heterocycles. The van der Waals surface area contributed by atoms with Crippen LogP contribution in [0.15, 0.2) is 0 Å². The van der Waals surface area contributed by atoms with Crippen LogP contribution in [0.1, 0.15) is 40.0 Å². The second-order valence-electron chi connectivity index (χ2n) is 5.01. The average molecular weight is 214 g/mol. The molecule has 1 aliphatic heterocycles. The second kappa shape index (κ2) is 6.46. The largest absolute Gasteiger partial charge is 0.395 e. The number of nitrogens with zero attached hydrogens (tertiary/aromatic N) is 1. The van der Waals surface area contributed by atoms with Gasteiger partial charge in [-0.3, -0.25) is 0 Å². The van der Waals surface area contributed by atoms with Gasteiger partial charge in [0.2, 0.25) is 0 Å². The van der Waals surface area contributed by atoms with Gasteiger partial charge in [0.25, 0.3) is 0 Å². The van der Waals surface area contributed by atoms with E-state index in [1.54, 1.807) is 0 Å². The highest BCUT2D eigenvalue weighted by molar-refractivity contribution is 4.78. The summed E-state index contributed by atoms with van der Waals surface area (Å²) in [5.41, 5.74) is 0. The summed E-state index contributed by atoms with van der Waals surface area (Å²) in [6.45, 7) is 9.24. The van der Waals surface area contributed by atoms with E-state index in [1.165, 1.54) is 32.4 Å². The molecule has 1 fully saturated rings. The minimum Gasteiger partial charge on any atom is -0.395 e. The summed E-state index contributed by atoms with van der Waals surface area (Å²) in [4.78, 5) is 2.55. The lowest BCUT2D eigenvalue weighted by Crippen LogP contribution is -2.39. The first-order valence-electron chi connectivity index (χ1n) is 6.24. The van der Waals surface area contributed by atoms with Gasteiger partial charge in [0.1, 0.15) is 0 Å². The van der Waals surface area contributed by atoms with Gasteiger partial charge in [0, 0.05) is 18.1 Å². The lowest BCUT2D eigenvalue weighted by atomic mass is 10.1. The molecule has 0 saturated carbocycles. The summed E-state index contributed by atoms with van der Waals surface area (Å²) in [5, 5.41) is 12.5. The van der Waals surface area contributed by atoms with Crippen LogP contribution in [0.4, 0.5) is 0 Å². The van der Waals surface area contributed by atoms with E-state index in [2.05, 4.69) is 24.1 Å². The molecular formula is C12H26N2O. The highest BCUT2D eigenvalue weighted by atomic mass is 16.3. The van der Waals surface area contributed by atoms with Gasteiger partial charge < -0.3 is 15.3 Å². The second-order valence-corrected chi connectivity index (χ2v) is 5.01. The van der Waals surface area contributed by atoms with E-state index < -0.39 is 0 Å². The highest BCUT2D eigenvalue weighted by Gasteiger charge is 2.19. The third-order valence-corrected chi connectivity index (χ3v) is 3.29. The summed E-state index contributed by atoms with van der Waals surface area (Å²) in [7, 11) is 0. The quantitative estimate of drug-likeness (QED) is 0.738. The molecule has 0 aromatic rings. The first kappa shape index (κ1) is 12.9. The standard InChI is InChI=1S/C12H26N2O/c1-10(2)14-7-4-5-12(6-8-14)13-11(3)9-15/h10-13,15H,4-9H2,1-3H3. The molecule has 90 valence electrons. The average Bonchev–Trinajstić information content (AvgIpc) is 2.43. The van der Waals surface area contributed by atoms with E-state index in [0.717, 1.165) is 0 Å². The predicted molar refractivity (Wildman–Crippen MR) is 64.0 cm³/mol. The topological polar surface area (TPSA) is 35.5 Å². The van der Waals surface area contributed by atoms with Crippen LogP contribution in [0.5, 0.6) is 0 Å². The number of nitrogens with one attached hydrogen (secondary N) is 1. The smallest absolute Gasteiger partial charge is 0.0582 e. The Morgan fingerprint density at radius 2 is 2.00 bits per heavy atom. The first-order chi connectivity index (χ1) is 7.13. The summed E-state index contributed by atoms with van der Waals surface area (Å²) in [6.07, 6.45) is 3.73. The highest BCUT2D eigenvalue weighted by Crippen LogP contribution is 2.13. The maximum absolute atomic E-state index is 9.00. The lowest BCUT2D eigenvalue weighted by molar-refractivity contribution is 0.220. The molecule has 2 unspecified atom stereocenters. The molecular weight excluding hydrogens is 188 g/mol. The van der Waals surface area contributed by atoms with Crippen molar-refractivity contribution >= 4 is 0 Å². The van der Waals surface area contributed by atoms with Crippen molar-refractivity contribution in [2.75, 3.05) is 19.7 Å². The zero-order valence-electron chi connectivity index (χ0n) is 10.4. The molecule has 1 heterocycles. The van der Waals surface area contributed by atoms with Crippen LogP contribution >= 0.6 is 0 Å². The normalized spacial score (nSPS) is 26.6. The van der Waals surface area contributed by atoms with Crippen molar-refractivity contribution < 1.29 is 5.11 Å². The molecule has 0 aliphatic carbocycles. The number of hydrogen-bond donors (Lipinski definition) is 2. The van der Waals surface area contributed by atoms with E-state index in [9.17, 15) is 0 Å². The third kappa shape index (κ3) is 4.49. The Morgan fingerprint density at radius 3 is 2.60 bits per heavy atom. The van der Waals surface area contributed by atoms with Crippen molar-refractivity contribution in [2.45, 2.75) is 58.2 Å². The van der Waals surface area contributed by atoms with Crippen LogP contribution < -0.4 is 5.32 Å². The van der Waals surface area contributed by atoms with Crippen LogP contribution in [0.3, 0.4) is 0 Å². The number of rotatable bonds is 4. The number of aliphatic hydroxyl groups is 1. The van der Waals surface area contributed by atoms with E-state index in [-0.39, 0.29) is 12.6 Å². The molecule has 0 spiro atoms. The van der Waals surface area contributed by atoms with E-state index in [1.807, 2.05) is 6.92 Å². The molecule has 2 N–H and O–H groups in total. The zero-order valence-corrected chi connectivity index (χ0v) is 10.4.